The number of amides is 1. The minimum Gasteiger partial charge on any atom is -0.467 e. The number of nitrogens with zero attached hydrogens (tertiary/aromatic N) is 1. The second-order valence-electron chi connectivity index (χ2n) is 7.16. The molecule has 2 saturated carbocycles. The van der Waals surface area contributed by atoms with Crippen LogP contribution < -0.4 is 0 Å². The van der Waals surface area contributed by atoms with E-state index in [-0.39, 0.29) is 5.92 Å². The van der Waals surface area contributed by atoms with Gasteiger partial charge in [-0.15, -0.1) is 0 Å². The van der Waals surface area contributed by atoms with Crippen molar-refractivity contribution in [1.82, 2.24) is 4.90 Å². The lowest BCUT2D eigenvalue weighted by Crippen LogP contribution is -2.54. The van der Waals surface area contributed by atoms with Crippen molar-refractivity contribution in [2.24, 2.45) is 5.92 Å². The smallest absolute Gasteiger partial charge is 0.411 e. The van der Waals surface area contributed by atoms with Crippen molar-refractivity contribution in [3.05, 3.63) is 0 Å². The van der Waals surface area contributed by atoms with Crippen molar-refractivity contribution in [3.8, 4) is 0 Å². The summed E-state index contributed by atoms with van der Waals surface area (Å²) in [7, 11) is 1.29. The fraction of sp³-hybridized carbons (Fsp3) is 0.857. The van der Waals surface area contributed by atoms with Crippen LogP contribution in [0.3, 0.4) is 0 Å². The Balaban J connectivity index is 1.90. The van der Waals surface area contributed by atoms with Crippen molar-refractivity contribution in [2.75, 3.05) is 7.11 Å². The fourth-order valence-corrected chi connectivity index (χ4v) is 3.98. The molecule has 0 radical (unpaired) electrons. The van der Waals surface area contributed by atoms with Crippen molar-refractivity contribution in [3.63, 3.8) is 0 Å². The van der Waals surface area contributed by atoms with E-state index in [4.69, 9.17) is 9.47 Å². The minimum atomic E-state index is -1.33. The molecular weight excluding hydrogens is 265 g/mol. The maximum atomic E-state index is 14.6. The van der Waals surface area contributed by atoms with Crippen molar-refractivity contribution < 1.29 is 23.5 Å². The summed E-state index contributed by atoms with van der Waals surface area (Å²) in [5.41, 5.74) is -2.85. The molecule has 0 N–H and O–H groups in total. The predicted octanol–water partition coefficient (Wildman–Crippen LogP) is 2.04. The molecule has 1 spiro atoms. The highest BCUT2D eigenvalue weighted by Crippen LogP contribution is 2.73. The second kappa shape index (κ2) is 3.65. The fourth-order valence-electron chi connectivity index (χ4n) is 3.98. The first-order valence-electron chi connectivity index (χ1n) is 6.93. The lowest BCUT2D eigenvalue weighted by atomic mass is 9.96. The molecule has 3 aliphatic rings. The van der Waals surface area contributed by atoms with Crippen molar-refractivity contribution >= 4 is 12.1 Å². The maximum absolute atomic E-state index is 14.6. The summed E-state index contributed by atoms with van der Waals surface area (Å²) in [6.45, 7) is 5.25. The molecule has 5 nitrogen and oxygen atoms in total. The van der Waals surface area contributed by atoms with Gasteiger partial charge in [0.25, 0.3) is 0 Å². The van der Waals surface area contributed by atoms with Gasteiger partial charge in [-0.25, -0.2) is 14.0 Å². The molecule has 1 heterocycles. The lowest BCUT2D eigenvalue weighted by Gasteiger charge is -2.35. The Morgan fingerprint density at radius 1 is 1.30 bits per heavy atom. The molecule has 4 atom stereocenters. The molecule has 3 fully saturated rings. The number of alkyl halides is 1. The third-order valence-corrected chi connectivity index (χ3v) is 4.69. The summed E-state index contributed by atoms with van der Waals surface area (Å²) < 4.78 is 24.7. The van der Waals surface area contributed by atoms with Gasteiger partial charge in [-0.3, -0.25) is 4.90 Å². The van der Waals surface area contributed by atoms with E-state index in [1.165, 1.54) is 12.0 Å². The Hall–Kier alpha value is -1.33. The summed E-state index contributed by atoms with van der Waals surface area (Å²) in [4.78, 5) is 25.7. The van der Waals surface area contributed by atoms with Crippen LogP contribution in [0.25, 0.3) is 0 Å². The van der Waals surface area contributed by atoms with Crippen LogP contribution in [0.2, 0.25) is 0 Å². The number of hydrogen-bond acceptors (Lipinski definition) is 4. The van der Waals surface area contributed by atoms with Crippen LogP contribution in [-0.2, 0) is 14.3 Å². The van der Waals surface area contributed by atoms with Gasteiger partial charge in [-0.05, 0) is 39.5 Å². The Labute approximate surface area is 117 Å². The minimum absolute atomic E-state index is 0.159. The largest absolute Gasteiger partial charge is 0.467 e. The van der Waals surface area contributed by atoms with Gasteiger partial charge in [0.1, 0.15) is 17.3 Å². The van der Waals surface area contributed by atoms with Gasteiger partial charge in [0, 0.05) is 6.42 Å². The monoisotopic (exact) mass is 285 g/mol. The molecular formula is C14H20FNO4. The zero-order valence-electron chi connectivity index (χ0n) is 12.2. The third-order valence-electron chi connectivity index (χ3n) is 4.69. The highest BCUT2D eigenvalue weighted by atomic mass is 19.1. The predicted molar refractivity (Wildman–Crippen MR) is 67.8 cm³/mol. The number of rotatable bonds is 1. The Morgan fingerprint density at radius 2 is 1.95 bits per heavy atom. The van der Waals surface area contributed by atoms with Crippen LogP contribution in [0, 0.1) is 5.92 Å². The second-order valence-corrected chi connectivity index (χ2v) is 7.16. The third kappa shape index (κ3) is 1.59. The van der Waals surface area contributed by atoms with E-state index < -0.39 is 34.9 Å². The van der Waals surface area contributed by atoms with Gasteiger partial charge in [-0.1, -0.05) is 0 Å². The Morgan fingerprint density at radius 3 is 2.50 bits per heavy atom. The average Bonchev–Trinajstić information content (AvgIpc) is 2.61. The molecule has 1 amide bonds. The van der Waals surface area contributed by atoms with E-state index in [2.05, 4.69) is 0 Å². The van der Waals surface area contributed by atoms with Gasteiger partial charge >= 0.3 is 12.1 Å². The van der Waals surface area contributed by atoms with E-state index >= 15 is 0 Å². The van der Waals surface area contributed by atoms with Gasteiger partial charge < -0.3 is 9.47 Å². The molecule has 0 aromatic carbocycles. The Bertz CT molecular complexity index is 488. The summed E-state index contributed by atoms with van der Waals surface area (Å²) in [5.74, 6) is -0.639. The standard InChI is InChI=1S/C14H20FNO4/c1-12(2,3)20-11(18)16-9(10(17)19-4)8-5-13(15)7-14(13,16)6-8/h8-9H,5-7H2,1-4H3/t8-,9+,13+,14?/m1/s1. The van der Waals surface area contributed by atoms with Gasteiger partial charge in [-0.2, -0.15) is 0 Å². The zero-order valence-corrected chi connectivity index (χ0v) is 12.2. The normalized spacial score (nSPS) is 41.4. The molecule has 2 bridgehead atoms. The first kappa shape index (κ1) is 13.6. The summed E-state index contributed by atoms with van der Waals surface area (Å²) >= 11 is 0. The molecule has 6 heteroatoms. The first-order chi connectivity index (χ1) is 9.13. The topological polar surface area (TPSA) is 55.8 Å². The van der Waals surface area contributed by atoms with Gasteiger partial charge in [0.05, 0.1) is 12.6 Å². The summed E-state index contributed by atoms with van der Waals surface area (Å²) in [5, 5.41) is 0. The van der Waals surface area contributed by atoms with E-state index in [0.29, 0.717) is 19.3 Å². The highest BCUT2D eigenvalue weighted by Gasteiger charge is 2.84. The first-order valence-corrected chi connectivity index (χ1v) is 6.93. The molecule has 1 saturated heterocycles. The molecule has 3 rings (SSSR count). The van der Waals surface area contributed by atoms with E-state index in [9.17, 15) is 14.0 Å². The van der Waals surface area contributed by atoms with Crippen molar-refractivity contribution in [2.45, 2.75) is 62.9 Å². The van der Waals surface area contributed by atoms with Crippen LogP contribution in [0.15, 0.2) is 0 Å². The number of likely N-dealkylation sites (tertiary alicyclic amines) is 1. The molecule has 0 aromatic rings. The number of hydrogen-bond donors (Lipinski definition) is 0. The van der Waals surface area contributed by atoms with E-state index in [1.807, 2.05) is 0 Å². The number of fused-ring (bicyclic) bond motifs is 1. The number of methoxy groups -OCH3 is 1. The Kier molecular flexibility index (Phi) is 2.49. The number of halogens is 1. The SMILES string of the molecule is COC(=O)[C@@H]1[C@H]2CC3(C[C@@]3(F)C2)N1C(=O)OC(C)(C)C. The van der Waals surface area contributed by atoms with E-state index in [0.717, 1.165) is 0 Å². The molecule has 2 aliphatic carbocycles. The van der Waals surface area contributed by atoms with Gasteiger partial charge in [0.2, 0.25) is 0 Å². The number of carbonyl (C=O) groups is 2. The summed E-state index contributed by atoms with van der Waals surface area (Å²) in [6, 6.07) is -0.707. The molecule has 20 heavy (non-hydrogen) atoms. The highest BCUT2D eigenvalue weighted by molar-refractivity contribution is 5.85. The average molecular weight is 285 g/mol. The quantitative estimate of drug-likeness (QED) is 0.692. The molecule has 112 valence electrons. The van der Waals surface area contributed by atoms with Crippen molar-refractivity contribution in [1.29, 1.82) is 0 Å². The van der Waals surface area contributed by atoms with Crippen LogP contribution in [0.4, 0.5) is 9.18 Å². The number of carbonyl (C=O) groups excluding carboxylic acids is 2. The van der Waals surface area contributed by atoms with Gasteiger partial charge in [0.15, 0.2) is 0 Å². The molecule has 1 aliphatic heterocycles. The van der Waals surface area contributed by atoms with Crippen LogP contribution in [-0.4, -0.2) is 46.9 Å². The molecule has 1 unspecified atom stereocenters. The molecule has 0 aromatic heterocycles. The van der Waals surface area contributed by atoms with Crippen LogP contribution in [0.1, 0.15) is 40.0 Å². The maximum Gasteiger partial charge on any atom is 0.411 e. The summed E-state index contributed by atoms with van der Waals surface area (Å²) in [6.07, 6.45) is 0.562. The number of esters is 1. The lowest BCUT2D eigenvalue weighted by molar-refractivity contribution is -0.149. The zero-order chi connectivity index (χ0) is 14.9. The van der Waals surface area contributed by atoms with E-state index in [1.54, 1.807) is 20.8 Å². The number of ether oxygens (including phenoxy) is 2. The van der Waals surface area contributed by atoms with Crippen LogP contribution in [0.5, 0.6) is 0 Å². The van der Waals surface area contributed by atoms with Crippen LogP contribution >= 0.6 is 0 Å². The number of piperidine rings is 1.